The first-order valence-corrected chi connectivity index (χ1v) is 5.06. The van der Waals surface area contributed by atoms with Crippen molar-refractivity contribution in [1.29, 1.82) is 0 Å². The van der Waals surface area contributed by atoms with Gasteiger partial charge in [-0.05, 0) is 25.0 Å². The fourth-order valence-electron chi connectivity index (χ4n) is 1.17. The monoisotopic (exact) mass is 188 g/mol. The van der Waals surface area contributed by atoms with Crippen LogP contribution in [-0.4, -0.2) is 11.8 Å². The zero-order valence-electron chi connectivity index (χ0n) is 7.93. The van der Waals surface area contributed by atoms with Gasteiger partial charge in [0.05, 0.1) is 0 Å². The Bertz CT molecular complexity index is 128. The maximum Gasteiger partial charge on any atom is 0.310 e. The number of nitrogens with one attached hydrogen (secondary N) is 1. The van der Waals surface area contributed by atoms with Crippen LogP contribution in [0.25, 0.3) is 0 Å². The van der Waals surface area contributed by atoms with Crippen LogP contribution in [-0.2, 0) is 0 Å². The van der Waals surface area contributed by atoms with Crippen LogP contribution < -0.4 is 5.32 Å². The predicted octanol–water partition coefficient (Wildman–Crippen LogP) is 3.11. The third-order valence-corrected chi connectivity index (χ3v) is 2.22. The quantitative estimate of drug-likeness (QED) is 0.681. The van der Waals surface area contributed by atoms with Gasteiger partial charge in [0.1, 0.15) is 0 Å². The third kappa shape index (κ3) is 6.40. The molecule has 0 fully saturated rings. The first-order valence-electron chi connectivity index (χ1n) is 4.65. The molecule has 1 radical (unpaired) electrons. The summed E-state index contributed by atoms with van der Waals surface area (Å²) in [5, 5.41) is 2.35. The molecule has 0 spiro atoms. The molecule has 12 heavy (non-hydrogen) atoms. The summed E-state index contributed by atoms with van der Waals surface area (Å²) in [5.41, 5.74) is 0. The zero-order valence-corrected chi connectivity index (χ0v) is 8.75. The molecule has 1 unspecified atom stereocenters. The lowest BCUT2D eigenvalue weighted by Gasteiger charge is -2.13. The highest BCUT2D eigenvalue weighted by atomic mass is 32.1. The molecule has 71 valence electrons. The molecule has 0 aromatic rings. The van der Waals surface area contributed by atoms with E-state index >= 15 is 0 Å². The number of carbonyl (C=O) groups is 1. The second-order valence-corrected chi connectivity index (χ2v) is 3.46. The highest BCUT2D eigenvalue weighted by molar-refractivity contribution is 7.96. The van der Waals surface area contributed by atoms with Gasteiger partial charge in [-0.25, -0.2) is 0 Å². The van der Waals surface area contributed by atoms with Gasteiger partial charge < -0.3 is 5.32 Å². The van der Waals surface area contributed by atoms with Crippen LogP contribution >= 0.6 is 12.6 Å². The molecule has 0 heterocycles. The van der Waals surface area contributed by atoms with Crippen LogP contribution in [0.2, 0.25) is 0 Å². The van der Waals surface area contributed by atoms with Crippen LogP contribution in [0, 0.1) is 5.92 Å². The Morgan fingerprint density at radius 3 is 2.58 bits per heavy atom. The van der Waals surface area contributed by atoms with Crippen molar-refractivity contribution >= 4 is 17.9 Å². The molecule has 0 aliphatic rings. The van der Waals surface area contributed by atoms with Crippen LogP contribution in [0.1, 0.15) is 39.5 Å². The minimum Gasteiger partial charge on any atom is -0.343 e. The van der Waals surface area contributed by atoms with Crippen molar-refractivity contribution in [1.82, 2.24) is 5.32 Å². The van der Waals surface area contributed by atoms with Gasteiger partial charge in [-0.15, -0.1) is 0 Å². The lowest BCUT2D eigenvalue weighted by molar-refractivity contribution is 0.258. The molecule has 1 atom stereocenters. The normalized spacial score (nSPS) is 12.5. The van der Waals surface area contributed by atoms with Crippen molar-refractivity contribution < 1.29 is 4.79 Å². The summed E-state index contributed by atoms with van der Waals surface area (Å²) in [6.07, 6.45) is 4.78. The molecule has 1 amide bonds. The van der Waals surface area contributed by atoms with Gasteiger partial charge in [-0.3, -0.25) is 4.79 Å². The Balaban J connectivity index is 3.45. The van der Waals surface area contributed by atoms with E-state index in [-0.39, 0.29) is 5.24 Å². The van der Waals surface area contributed by atoms with Crippen molar-refractivity contribution in [3.05, 3.63) is 0 Å². The minimum absolute atomic E-state index is 0.329. The van der Waals surface area contributed by atoms with Gasteiger partial charge >= 0.3 is 5.24 Å². The molecule has 0 aromatic heterocycles. The Hall–Kier alpha value is -0.310. The standard InChI is InChI=1S/C9H18NOS/c1-3-5-6-8(4-2)7-10-9(11)12/h8H,3-7H2,1-2H3,(H,10,11). The Labute approximate surface area is 80.5 Å². The van der Waals surface area contributed by atoms with Crippen LogP contribution in [0.15, 0.2) is 0 Å². The number of hydrogen-bond acceptors (Lipinski definition) is 1. The second-order valence-electron chi connectivity index (χ2n) is 3.08. The largest absolute Gasteiger partial charge is 0.343 e. The van der Waals surface area contributed by atoms with Gasteiger partial charge in [0.25, 0.3) is 0 Å². The molecule has 0 saturated heterocycles. The molecule has 0 aliphatic heterocycles. The summed E-state index contributed by atoms with van der Waals surface area (Å²) >= 11 is 4.41. The third-order valence-electron chi connectivity index (χ3n) is 2.08. The topological polar surface area (TPSA) is 29.1 Å². The highest BCUT2D eigenvalue weighted by Gasteiger charge is 2.05. The molecule has 2 nitrogen and oxygen atoms in total. The van der Waals surface area contributed by atoms with Crippen LogP contribution in [0.5, 0.6) is 0 Å². The van der Waals surface area contributed by atoms with Crippen molar-refractivity contribution in [2.24, 2.45) is 5.92 Å². The molecular weight excluding hydrogens is 170 g/mol. The molecule has 0 bridgehead atoms. The summed E-state index contributed by atoms with van der Waals surface area (Å²) in [6, 6.07) is 0. The van der Waals surface area contributed by atoms with E-state index in [1.807, 2.05) is 0 Å². The predicted molar refractivity (Wildman–Crippen MR) is 54.3 cm³/mol. The van der Waals surface area contributed by atoms with Gasteiger partial charge in [-0.1, -0.05) is 33.1 Å². The number of carbonyl (C=O) groups excluding carboxylic acids is 1. The maximum absolute atomic E-state index is 10.4. The highest BCUT2D eigenvalue weighted by Crippen LogP contribution is 2.11. The van der Waals surface area contributed by atoms with Crippen molar-refractivity contribution in [2.75, 3.05) is 6.54 Å². The summed E-state index contributed by atoms with van der Waals surface area (Å²) in [5.74, 6) is 0.608. The smallest absolute Gasteiger partial charge is 0.310 e. The van der Waals surface area contributed by atoms with Gasteiger partial charge in [0.15, 0.2) is 0 Å². The summed E-state index contributed by atoms with van der Waals surface area (Å²) in [7, 11) is 0. The number of hydrogen-bond donors (Lipinski definition) is 1. The second kappa shape index (κ2) is 7.35. The summed E-state index contributed by atoms with van der Waals surface area (Å²) in [4.78, 5) is 10.4. The van der Waals surface area contributed by atoms with Crippen molar-refractivity contribution in [2.45, 2.75) is 39.5 Å². The van der Waals surface area contributed by atoms with Crippen LogP contribution in [0.4, 0.5) is 4.79 Å². The lowest BCUT2D eigenvalue weighted by atomic mass is 10.00. The Morgan fingerprint density at radius 2 is 2.17 bits per heavy atom. The van der Waals surface area contributed by atoms with Crippen molar-refractivity contribution in [3.63, 3.8) is 0 Å². The van der Waals surface area contributed by atoms with Crippen LogP contribution in [0.3, 0.4) is 0 Å². The van der Waals surface area contributed by atoms with E-state index in [9.17, 15) is 4.79 Å². The van der Waals surface area contributed by atoms with E-state index < -0.39 is 0 Å². The van der Waals surface area contributed by atoms with E-state index in [0.717, 1.165) is 13.0 Å². The fraction of sp³-hybridized carbons (Fsp3) is 0.889. The summed E-state index contributed by atoms with van der Waals surface area (Å²) in [6.45, 7) is 5.08. The van der Waals surface area contributed by atoms with Crippen molar-refractivity contribution in [3.8, 4) is 0 Å². The number of rotatable bonds is 6. The molecule has 3 heteroatoms. The SMILES string of the molecule is CCCCC(CC)CNC(=O)[S]. The number of unbranched alkanes of at least 4 members (excludes halogenated alkanes) is 1. The van der Waals surface area contributed by atoms with E-state index in [4.69, 9.17) is 0 Å². The zero-order chi connectivity index (χ0) is 9.40. The van der Waals surface area contributed by atoms with Gasteiger partial charge in [0.2, 0.25) is 0 Å². The van der Waals surface area contributed by atoms with Gasteiger partial charge in [0, 0.05) is 6.54 Å². The first kappa shape index (κ1) is 11.7. The lowest BCUT2D eigenvalue weighted by Crippen LogP contribution is -2.24. The van der Waals surface area contributed by atoms with E-state index in [2.05, 4.69) is 31.8 Å². The maximum atomic E-state index is 10.4. The number of amides is 1. The van der Waals surface area contributed by atoms with E-state index in [0.29, 0.717) is 5.92 Å². The summed E-state index contributed by atoms with van der Waals surface area (Å²) < 4.78 is 0. The molecule has 0 aliphatic carbocycles. The average Bonchev–Trinajstić information content (AvgIpc) is 2.05. The van der Waals surface area contributed by atoms with E-state index in [1.165, 1.54) is 19.3 Å². The molecule has 0 rings (SSSR count). The minimum atomic E-state index is -0.329. The molecule has 0 aromatic carbocycles. The van der Waals surface area contributed by atoms with Gasteiger partial charge in [-0.2, -0.15) is 0 Å². The molecule has 0 saturated carbocycles. The molecule has 1 N–H and O–H groups in total. The molecular formula is C9H18NOS. The fourth-order valence-corrected chi connectivity index (χ4v) is 1.25. The first-order chi connectivity index (χ1) is 5.70. The van der Waals surface area contributed by atoms with E-state index in [1.54, 1.807) is 0 Å². The average molecular weight is 188 g/mol. The Morgan fingerprint density at radius 1 is 1.50 bits per heavy atom. The Kier molecular flexibility index (Phi) is 7.16.